The van der Waals surface area contributed by atoms with Crippen molar-refractivity contribution in [2.24, 2.45) is 0 Å². The van der Waals surface area contributed by atoms with Crippen LogP contribution in [0.25, 0.3) is 11.0 Å². The Morgan fingerprint density at radius 3 is 2.67 bits per heavy atom. The fourth-order valence-corrected chi connectivity index (χ4v) is 2.60. The number of nitrogens with zero attached hydrogens (tertiary/aromatic N) is 1. The molecular weight excluding hydrogens is 308 g/mol. The summed E-state index contributed by atoms with van der Waals surface area (Å²) in [5.74, 6) is 0.306. The van der Waals surface area contributed by atoms with Crippen LogP contribution in [0.1, 0.15) is 30.6 Å². The maximum Gasteiger partial charge on any atom is 0.337 e. The van der Waals surface area contributed by atoms with Crippen molar-refractivity contribution in [2.45, 2.75) is 20.3 Å². The number of carbonyl (C=O) groups excluding carboxylic acids is 1. The van der Waals surface area contributed by atoms with Gasteiger partial charge in [0.15, 0.2) is 0 Å². The molecule has 24 heavy (non-hydrogen) atoms. The van der Waals surface area contributed by atoms with Crippen LogP contribution < -0.4 is 15.7 Å². The Balaban J connectivity index is 2.10. The number of amides is 1. The lowest BCUT2D eigenvalue weighted by Crippen LogP contribution is -2.30. The molecule has 2 aromatic rings. The molecule has 6 heteroatoms. The SMILES string of the molecule is CCN(CC)CCCNC(=O)c1cc(=O)oc2cc(OC)ccc12. The van der Waals surface area contributed by atoms with Crippen molar-refractivity contribution in [2.75, 3.05) is 33.3 Å². The summed E-state index contributed by atoms with van der Waals surface area (Å²) in [7, 11) is 1.53. The molecule has 1 N–H and O–H groups in total. The standard InChI is InChI=1S/C18H24N2O4/c1-4-20(5-2)10-6-9-19-18(22)15-12-17(21)24-16-11-13(23-3)7-8-14(15)16/h7-8,11-12H,4-6,9-10H2,1-3H3,(H,19,22). The maximum absolute atomic E-state index is 12.4. The Labute approximate surface area is 141 Å². The van der Waals surface area contributed by atoms with Gasteiger partial charge in [0, 0.05) is 24.1 Å². The van der Waals surface area contributed by atoms with Crippen molar-refractivity contribution >= 4 is 16.9 Å². The minimum Gasteiger partial charge on any atom is -0.497 e. The van der Waals surface area contributed by atoms with Crippen LogP contribution in [-0.4, -0.2) is 44.1 Å². The second kappa shape index (κ2) is 8.49. The largest absolute Gasteiger partial charge is 0.497 e. The highest BCUT2D eigenvalue weighted by Crippen LogP contribution is 2.22. The van der Waals surface area contributed by atoms with Gasteiger partial charge >= 0.3 is 5.63 Å². The van der Waals surface area contributed by atoms with Crippen molar-refractivity contribution in [3.05, 3.63) is 40.2 Å². The molecule has 1 aromatic heterocycles. The molecule has 2 rings (SSSR count). The molecule has 0 bridgehead atoms. The summed E-state index contributed by atoms with van der Waals surface area (Å²) >= 11 is 0. The Hall–Kier alpha value is -2.34. The predicted molar refractivity (Wildman–Crippen MR) is 93.8 cm³/mol. The third kappa shape index (κ3) is 4.35. The summed E-state index contributed by atoms with van der Waals surface area (Å²) in [6.45, 7) is 7.72. The zero-order valence-corrected chi connectivity index (χ0v) is 14.4. The summed E-state index contributed by atoms with van der Waals surface area (Å²) < 4.78 is 10.3. The lowest BCUT2D eigenvalue weighted by atomic mass is 10.1. The number of methoxy groups -OCH3 is 1. The minimum absolute atomic E-state index is 0.266. The lowest BCUT2D eigenvalue weighted by molar-refractivity contribution is 0.0953. The molecule has 0 atom stereocenters. The van der Waals surface area contributed by atoms with Crippen LogP contribution in [0, 0.1) is 0 Å². The van der Waals surface area contributed by atoms with Gasteiger partial charge in [0.2, 0.25) is 0 Å². The highest BCUT2D eigenvalue weighted by atomic mass is 16.5. The van der Waals surface area contributed by atoms with E-state index in [1.165, 1.54) is 13.2 Å². The van der Waals surface area contributed by atoms with Crippen LogP contribution in [0.15, 0.2) is 33.5 Å². The average Bonchev–Trinajstić information content (AvgIpc) is 2.60. The van der Waals surface area contributed by atoms with Crippen LogP contribution >= 0.6 is 0 Å². The van der Waals surface area contributed by atoms with Crippen molar-refractivity contribution in [3.63, 3.8) is 0 Å². The summed E-state index contributed by atoms with van der Waals surface area (Å²) in [5.41, 5.74) is 0.117. The van der Waals surface area contributed by atoms with E-state index in [0.29, 0.717) is 28.8 Å². The van der Waals surface area contributed by atoms with Gasteiger partial charge in [-0.1, -0.05) is 13.8 Å². The smallest absolute Gasteiger partial charge is 0.337 e. The molecule has 1 amide bonds. The number of hydrogen-bond donors (Lipinski definition) is 1. The van der Waals surface area contributed by atoms with Gasteiger partial charge in [0.1, 0.15) is 11.3 Å². The highest BCUT2D eigenvalue weighted by molar-refractivity contribution is 6.05. The van der Waals surface area contributed by atoms with Crippen LogP contribution in [0.2, 0.25) is 0 Å². The van der Waals surface area contributed by atoms with Crippen LogP contribution in [0.5, 0.6) is 5.75 Å². The molecule has 0 radical (unpaired) electrons. The third-order valence-corrected chi connectivity index (χ3v) is 4.03. The monoisotopic (exact) mass is 332 g/mol. The minimum atomic E-state index is -0.552. The van der Waals surface area contributed by atoms with E-state index in [-0.39, 0.29) is 5.91 Å². The molecule has 0 saturated carbocycles. The third-order valence-electron chi connectivity index (χ3n) is 4.03. The van der Waals surface area contributed by atoms with Gasteiger partial charge in [-0.2, -0.15) is 0 Å². The van der Waals surface area contributed by atoms with E-state index in [4.69, 9.17) is 9.15 Å². The van der Waals surface area contributed by atoms with E-state index >= 15 is 0 Å². The first-order chi connectivity index (χ1) is 11.6. The van der Waals surface area contributed by atoms with Gasteiger partial charge in [-0.05, 0) is 38.2 Å². The van der Waals surface area contributed by atoms with Gasteiger partial charge in [0.05, 0.1) is 12.7 Å². The predicted octanol–water partition coefficient (Wildman–Crippen LogP) is 2.26. The number of rotatable bonds is 8. The fraction of sp³-hybridized carbons (Fsp3) is 0.444. The van der Waals surface area contributed by atoms with Crippen molar-refractivity contribution in [3.8, 4) is 5.75 Å². The number of ether oxygens (including phenoxy) is 1. The molecule has 0 aliphatic heterocycles. The molecule has 0 spiro atoms. The first-order valence-corrected chi connectivity index (χ1v) is 8.21. The van der Waals surface area contributed by atoms with Crippen LogP contribution in [0.4, 0.5) is 0 Å². The van der Waals surface area contributed by atoms with E-state index in [1.807, 2.05) is 0 Å². The molecule has 1 aromatic carbocycles. The van der Waals surface area contributed by atoms with Gasteiger partial charge in [0.25, 0.3) is 5.91 Å². The Morgan fingerprint density at radius 1 is 1.25 bits per heavy atom. The highest BCUT2D eigenvalue weighted by Gasteiger charge is 2.13. The number of nitrogens with one attached hydrogen (secondary N) is 1. The molecule has 6 nitrogen and oxygen atoms in total. The second-order valence-electron chi connectivity index (χ2n) is 5.48. The zero-order valence-electron chi connectivity index (χ0n) is 14.4. The maximum atomic E-state index is 12.4. The first-order valence-electron chi connectivity index (χ1n) is 8.21. The molecule has 0 unspecified atom stereocenters. The Morgan fingerprint density at radius 2 is 2.00 bits per heavy atom. The Bertz CT molecular complexity index is 750. The second-order valence-corrected chi connectivity index (χ2v) is 5.48. The number of fused-ring (bicyclic) bond motifs is 1. The van der Waals surface area contributed by atoms with E-state index < -0.39 is 5.63 Å². The van der Waals surface area contributed by atoms with E-state index in [1.54, 1.807) is 18.2 Å². The number of benzene rings is 1. The molecule has 1 heterocycles. The van der Waals surface area contributed by atoms with Crippen LogP contribution in [-0.2, 0) is 0 Å². The van der Waals surface area contributed by atoms with Gasteiger partial charge < -0.3 is 19.4 Å². The first kappa shape index (κ1) is 18.0. The van der Waals surface area contributed by atoms with E-state index in [0.717, 1.165) is 26.1 Å². The molecule has 0 aliphatic carbocycles. The van der Waals surface area contributed by atoms with Gasteiger partial charge in [-0.3, -0.25) is 4.79 Å². The van der Waals surface area contributed by atoms with Crippen LogP contribution in [0.3, 0.4) is 0 Å². The van der Waals surface area contributed by atoms with E-state index in [9.17, 15) is 9.59 Å². The molecule has 0 saturated heterocycles. The van der Waals surface area contributed by atoms with Gasteiger partial charge in [-0.25, -0.2) is 4.79 Å². The Kier molecular flexibility index (Phi) is 6.37. The number of carbonyl (C=O) groups is 1. The van der Waals surface area contributed by atoms with Crippen molar-refractivity contribution < 1.29 is 13.9 Å². The topological polar surface area (TPSA) is 71.8 Å². The molecular formula is C18H24N2O4. The molecule has 0 aliphatic rings. The number of hydrogen-bond acceptors (Lipinski definition) is 5. The zero-order chi connectivity index (χ0) is 17.5. The fourth-order valence-electron chi connectivity index (χ4n) is 2.60. The average molecular weight is 332 g/mol. The molecule has 130 valence electrons. The van der Waals surface area contributed by atoms with Crippen molar-refractivity contribution in [1.82, 2.24) is 10.2 Å². The summed E-state index contributed by atoms with van der Waals surface area (Å²) in [6, 6.07) is 6.30. The van der Waals surface area contributed by atoms with Crippen molar-refractivity contribution in [1.29, 1.82) is 0 Å². The summed E-state index contributed by atoms with van der Waals surface area (Å²) in [5, 5.41) is 3.47. The summed E-state index contributed by atoms with van der Waals surface area (Å²) in [4.78, 5) is 26.4. The quantitative estimate of drug-likeness (QED) is 0.593. The lowest BCUT2D eigenvalue weighted by Gasteiger charge is -2.17. The summed E-state index contributed by atoms with van der Waals surface area (Å²) in [6.07, 6.45) is 0.862. The molecule has 0 fully saturated rings. The van der Waals surface area contributed by atoms with E-state index in [2.05, 4.69) is 24.1 Å². The normalized spacial score (nSPS) is 11.0. The van der Waals surface area contributed by atoms with Gasteiger partial charge in [-0.15, -0.1) is 0 Å².